The molecule has 0 aliphatic heterocycles. The van der Waals surface area contributed by atoms with E-state index >= 15 is 0 Å². The third-order valence-electron chi connectivity index (χ3n) is 2.41. The van der Waals surface area contributed by atoms with Gasteiger partial charge in [0, 0.05) is 17.8 Å². The second kappa shape index (κ2) is 4.28. The first-order valence-electron chi connectivity index (χ1n) is 5.04. The number of aryl methyl sites for hydroxylation is 1. The van der Waals surface area contributed by atoms with Gasteiger partial charge in [0.1, 0.15) is 0 Å². The molecule has 0 aliphatic rings. The second-order valence-corrected chi connectivity index (χ2v) is 3.66. The number of nitro groups is 1. The van der Waals surface area contributed by atoms with Crippen LogP contribution in [0.1, 0.15) is 16.2 Å². The van der Waals surface area contributed by atoms with Gasteiger partial charge in [-0.15, -0.1) is 0 Å². The summed E-state index contributed by atoms with van der Waals surface area (Å²) in [6.45, 7) is 1.71. The van der Waals surface area contributed by atoms with Crippen molar-refractivity contribution in [2.45, 2.75) is 6.92 Å². The van der Waals surface area contributed by atoms with Crippen LogP contribution >= 0.6 is 0 Å². The number of non-ortho nitro benzene ring substituents is 1. The minimum absolute atomic E-state index is 0.0259. The molecule has 0 aliphatic carbocycles. The Balaban J connectivity index is 2.42. The van der Waals surface area contributed by atoms with Crippen molar-refractivity contribution in [1.82, 2.24) is 9.78 Å². The summed E-state index contributed by atoms with van der Waals surface area (Å²) in [5, 5.41) is 23.2. The van der Waals surface area contributed by atoms with Gasteiger partial charge in [-0.2, -0.15) is 5.10 Å². The van der Waals surface area contributed by atoms with Gasteiger partial charge in [0.25, 0.3) is 5.69 Å². The fourth-order valence-electron chi connectivity index (χ4n) is 1.56. The SMILES string of the molecule is Cc1cc(C(=O)O)nn1-c1ccc([N+](=O)[O-])cc1. The predicted octanol–water partition coefficient (Wildman–Crippen LogP) is 1.79. The third-order valence-corrected chi connectivity index (χ3v) is 2.41. The molecule has 0 atom stereocenters. The van der Waals surface area contributed by atoms with Gasteiger partial charge in [-0.1, -0.05) is 0 Å². The van der Waals surface area contributed by atoms with Gasteiger partial charge < -0.3 is 5.11 Å². The number of carbonyl (C=O) groups is 1. The molecule has 92 valence electrons. The molecule has 0 spiro atoms. The third kappa shape index (κ3) is 2.05. The van der Waals surface area contributed by atoms with Crippen molar-refractivity contribution in [3.05, 3.63) is 51.8 Å². The molecular weight excluding hydrogens is 238 g/mol. The van der Waals surface area contributed by atoms with Crippen molar-refractivity contribution in [3.63, 3.8) is 0 Å². The topological polar surface area (TPSA) is 98.3 Å². The predicted molar refractivity (Wildman–Crippen MR) is 61.9 cm³/mol. The van der Waals surface area contributed by atoms with Crippen LogP contribution in [0.3, 0.4) is 0 Å². The summed E-state index contributed by atoms with van der Waals surface area (Å²) >= 11 is 0. The van der Waals surface area contributed by atoms with Crippen LogP contribution in [0.25, 0.3) is 5.69 Å². The summed E-state index contributed by atoms with van der Waals surface area (Å²) in [5.41, 5.74) is 1.12. The van der Waals surface area contributed by atoms with E-state index in [1.165, 1.54) is 35.0 Å². The lowest BCUT2D eigenvalue weighted by atomic mass is 10.3. The molecule has 0 saturated carbocycles. The summed E-state index contributed by atoms with van der Waals surface area (Å²) in [6.07, 6.45) is 0. The van der Waals surface area contributed by atoms with Crippen LogP contribution in [-0.4, -0.2) is 25.8 Å². The lowest BCUT2D eigenvalue weighted by Crippen LogP contribution is -2.02. The number of hydrogen-bond donors (Lipinski definition) is 1. The molecule has 0 saturated heterocycles. The number of aromatic carboxylic acids is 1. The Morgan fingerprint density at radius 2 is 2.00 bits per heavy atom. The summed E-state index contributed by atoms with van der Waals surface area (Å²) in [6, 6.07) is 7.16. The highest BCUT2D eigenvalue weighted by molar-refractivity contribution is 5.85. The van der Waals surface area contributed by atoms with Crippen LogP contribution in [0.2, 0.25) is 0 Å². The van der Waals surface area contributed by atoms with Gasteiger partial charge >= 0.3 is 5.97 Å². The Hall–Kier alpha value is -2.70. The van der Waals surface area contributed by atoms with Crippen molar-refractivity contribution in [1.29, 1.82) is 0 Å². The van der Waals surface area contributed by atoms with Gasteiger partial charge in [-0.3, -0.25) is 10.1 Å². The molecular formula is C11H9N3O4. The number of rotatable bonds is 3. The summed E-state index contributed by atoms with van der Waals surface area (Å²) in [7, 11) is 0. The Morgan fingerprint density at radius 1 is 1.39 bits per heavy atom. The molecule has 0 bridgehead atoms. The van der Waals surface area contributed by atoms with Crippen molar-refractivity contribution in [2.24, 2.45) is 0 Å². The summed E-state index contributed by atoms with van der Waals surface area (Å²) in [4.78, 5) is 20.8. The van der Waals surface area contributed by atoms with Gasteiger partial charge in [-0.05, 0) is 25.1 Å². The molecule has 0 unspecified atom stereocenters. The first-order chi connectivity index (χ1) is 8.49. The Bertz CT molecular complexity index is 616. The molecule has 0 amide bonds. The number of benzene rings is 1. The van der Waals surface area contributed by atoms with Gasteiger partial charge in [-0.25, -0.2) is 9.48 Å². The van der Waals surface area contributed by atoms with E-state index in [4.69, 9.17) is 5.11 Å². The van der Waals surface area contributed by atoms with E-state index in [9.17, 15) is 14.9 Å². The van der Waals surface area contributed by atoms with Gasteiger partial charge in [0.15, 0.2) is 5.69 Å². The normalized spacial score (nSPS) is 10.3. The highest BCUT2D eigenvalue weighted by Gasteiger charge is 2.12. The van der Waals surface area contributed by atoms with E-state index in [-0.39, 0.29) is 11.4 Å². The highest BCUT2D eigenvalue weighted by Crippen LogP contribution is 2.16. The van der Waals surface area contributed by atoms with Crippen molar-refractivity contribution >= 4 is 11.7 Å². The first kappa shape index (κ1) is 11.8. The van der Waals surface area contributed by atoms with Crippen molar-refractivity contribution in [2.75, 3.05) is 0 Å². The minimum Gasteiger partial charge on any atom is -0.476 e. The number of hydrogen-bond acceptors (Lipinski definition) is 4. The summed E-state index contributed by atoms with van der Waals surface area (Å²) < 4.78 is 1.42. The van der Waals surface area contributed by atoms with Crippen LogP contribution < -0.4 is 0 Å². The zero-order valence-electron chi connectivity index (χ0n) is 9.40. The largest absolute Gasteiger partial charge is 0.476 e. The lowest BCUT2D eigenvalue weighted by Gasteiger charge is -2.03. The van der Waals surface area contributed by atoms with E-state index in [1.54, 1.807) is 6.92 Å². The second-order valence-electron chi connectivity index (χ2n) is 3.66. The highest BCUT2D eigenvalue weighted by atomic mass is 16.6. The number of carboxylic acid groups (broad SMARTS) is 1. The molecule has 1 heterocycles. The molecule has 1 aromatic carbocycles. The zero-order valence-corrected chi connectivity index (χ0v) is 9.40. The molecule has 7 heteroatoms. The van der Waals surface area contributed by atoms with Crippen LogP contribution in [-0.2, 0) is 0 Å². The average molecular weight is 247 g/mol. The number of carboxylic acids is 1. The first-order valence-corrected chi connectivity index (χ1v) is 5.04. The standard InChI is InChI=1S/C11H9N3O4/c1-7-6-10(11(15)16)12-13(7)8-2-4-9(5-3-8)14(17)18/h2-6H,1H3,(H,15,16). The van der Waals surface area contributed by atoms with Crippen LogP contribution in [0, 0.1) is 17.0 Å². The fourth-order valence-corrected chi connectivity index (χ4v) is 1.56. The number of nitro benzene ring substituents is 1. The Morgan fingerprint density at radius 3 is 2.44 bits per heavy atom. The van der Waals surface area contributed by atoms with Gasteiger partial charge in [0.2, 0.25) is 0 Å². The average Bonchev–Trinajstić information content (AvgIpc) is 2.71. The molecule has 0 radical (unpaired) electrons. The molecule has 2 rings (SSSR count). The van der Waals surface area contributed by atoms with Crippen LogP contribution in [0.5, 0.6) is 0 Å². The summed E-state index contributed by atoms with van der Waals surface area (Å²) in [5.74, 6) is -1.11. The molecule has 0 fully saturated rings. The van der Waals surface area contributed by atoms with E-state index in [0.29, 0.717) is 11.4 Å². The van der Waals surface area contributed by atoms with Crippen LogP contribution in [0.15, 0.2) is 30.3 Å². The number of nitrogens with zero attached hydrogens (tertiary/aromatic N) is 3. The Labute approximate surface area is 101 Å². The smallest absolute Gasteiger partial charge is 0.356 e. The van der Waals surface area contributed by atoms with E-state index in [0.717, 1.165) is 0 Å². The van der Waals surface area contributed by atoms with Crippen molar-refractivity contribution in [3.8, 4) is 5.69 Å². The molecule has 2 aromatic rings. The zero-order chi connectivity index (χ0) is 13.3. The van der Waals surface area contributed by atoms with Gasteiger partial charge in [0.05, 0.1) is 10.6 Å². The monoisotopic (exact) mass is 247 g/mol. The maximum absolute atomic E-state index is 10.8. The quantitative estimate of drug-likeness (QED) is 0.658. The van der Waals surface area contributed by atoms with E-state index < -0.39 is 10.9 Å². The molecule has 1 aromatic heterocycles. The number of aromatic nitrogens is 2. The maximum Gasteiger partial charge on any atom is 0.356 e. The van der Waals surface area contributed by atoms with E-state index in [1.807, 2.05) is 0 Å². The lowest BCUT2D eigenvalue weighted by molar-refractivity contribution is -0.384. The molecule has 7 nitrogen and oxygen atoms in total. The van der Waals surface area contributed by atoms with Crippen LogP contribution in [0.4, 0.5) is 5.69 Å². The maximum atomic E-state index is 10.8. The van der Waals surface area contributed by atoms with Crippen molar-refractivity contribution < 1.29 is 14.8 Å². The molecule has 18 heavy (non-hydrogen) atoms. The minimum atomic E-state index is -1.11. The molecule has 1 N–H and O–H groups in total. The Kier molecular flexibility index (Phi) is 2.80. The van der Waals surface area contributed by atoms with E-state index in [2.05, 4.69) is 5.10 Å². The fraction of sp³-hybridized carbons (Fsp3) is 0.0909.